The number of amides is 1. The Kier molecular flexibility index (Phi) is 5.40. The van der Waals surface area contributed by atoms with Crippen LogP contribution >= 0.6 is 0 Å². The van der Waals surface area contributed by atoms with Gasteiger partial charge in [0.05, 0.1) is 0 Å². The molecule has 0 aromatic rings. The summed E-state index contributed by atoms with van der Waals surface area (Å²) in [4.78, 5) is 24.7. The Morgan fingerprint density at radius 2 is 1.60 bits per heavy atom. The first kappa shape index (κ1) is 15.3. The smallest absolute Gasteiger partial charge is 0.312 e. The van der Waals surface area contributed by atoms with E-state index >= 15 is 0 Å². The third-order valence-corrected chi connectivity index (χ3v) is 4.74. The van der Waals surface area contributed by atoms with Crippen molar-refractivity contribution in [3.63, 3.8) is 0 Å². The Morgan fingerprint density at radius 3 is 2.20 bits per heavy atom. The van der Waals surface area contributed by atoms with E-state index in [2.05, 4.69) is 10.2 Å². The first-order valence-corrected chi connectivity index (χ1v) is 7.86. The fraction of sp³-hybridized carbons (Fsp3) is 0.867. The van der Waals surface area contributed by atoms with E-state index in [0.29, 0.717) is 6.54 Å². The average Bonchev–Trinajstić information content (AvgIpc) is 2.46. The van der Waals surface area contributed by atoms with E-state index < -0.39 is 12.4 Å². The summed E-state index contributed by atoms with van der Waals surface area (Å²) in [5.74, 6) is -1.42. The fourth-order valence-corrected chi connectivity index (χ4v) is 3.65. The van der Waals surface area contributed by atoms with Crippen LogP contribution in [0.1, 0.15) is 57.8 Å². The number of carboxylic acid groups (broad SMARTS) is 1. The molecule has 0 aromatic heterocycles. The van der Waals surface area contributed by atoms with Crippen LogP contribution in [-0.4, -0.2) is 47.1 Å². The lowest BCUT2D eigenvalue weighted by molar-refractivity contribution is -0.140. The minimum atomic E-state index is -1.06. The number of rotatable bonds is 5. The SMILES string of the molecule is O=C(O)CC(=O)NCC1(N2CCCCC2)CCCCC1. The highest BCUT2D eigenvalue weighted by atomic mass is 16.4. The Labute approximate surface area is 120 Å². The molecular formula is C15H26N2O3. The molecule has 1 aliphatic heterocycles. The Bertz CT molecular complexity index is 345. The second-order valence-corrected chi connectivity index (χ2v) is 6.18. The van der Waals surface area contributed by atoms with Crippen LogP contribution in [-0.2, 0) is 9.59 Å². The molecule has 0 radical (unpaired) electrons. The summed E-state index contributed by atoms with van der Waals surface area (Å²) in [6, 6.07) is 0. The molecule has 1 saturated heterocycles. The summed E-state index contributed by atoms with van der Waals surface area (Å²) < 4.78 is 0. The van der Waals surface area contributed by atoms with Crippen molar-refractivity contribution in [1.29, 1.82) is 0 Å². The highest BCUT2D eigenvalue weighted by molar-refractivity contribution is 5.93. The van der Waals surface area contributed by atoms with Gasteiger partial charge in [0.2, 0.25) is 5.91 Å². The zero-order chi connectivity index (χ0) is 14.4. The van der Waals surface area contributed by atoms with Gasteiger partial charge < -0.3 is 10.4 Å². The Hall–Kier alpha value is -1.10. The highest BCUT2D eigenvalue weighted by Gasteiger charge is 2.38. The zero-order valence-corrected chi connectivity index (χ0v) is 12.2. The predicted molar refractivity (Wildman–Crippen MR) is 76.5 cm³/mol. The Morgan fingerprint density at radius 1 is 1.00 bits per heavy atom. The fourth-order valence-electron chi connectivity index (χ4n) is 3.65. The third-order valence-electron chi connectivity index (χ3n) is 4.74. The van der Waals surface area contributed by atoms with Gasteiger partial charge in [-0.15, -0.1) is 0 Å². The Balaban J connectivity index is 1.95. The molecule has 5 nitrogen and oxygen atoms in total. The van der Waals surface area contributed by atoms with Crippen LogP contribution in [0.4, 0.5) is 0 Å². The number of aliphatic carboxylic acids is 1. The number of nitrogens with one attached hydrogen (secondary N) is 1. The number of carboxylic acids is 1. The molecule has 2 aliphatic rings. The van der Waals surface area contributed by atoms with Crippen LogP contribution in [0.15, 0.2) is 0 Å². The molecule has 0 spiro atoms. The summed E-state index contributed by atoms with van der Waals surface area (Å²) in [7, 11) is 0. The molecule has 2 N–H and O–H groups in total. The van der Waals surface area contributed by atoms with Gasteiger partial charge in [-0.1, -0.05) is 25.7 Å². The van der Waals surface area contributed by atoms with E-state index in [1.807, 2.05) is 0 Å². The summed E-state index contributed by atoms with van der Waals surface area (Å²) in [6.45, 7) is 2.85. The topological polar surface area (TPSA) is 69.6 Å². The largest absolute Gasteiger partial charge is 0.481 e. The minimum Gasteiger partial charge on any atom is -0.481 e. The second kappa shape index (κ2) is 7.07. The van der Waals surface area contributed by atoms with Crippen molar-refractivity contribution in [2.75, 3.05) is 19.6 Å². The number of nitrogens with zero attached hydrogens (tertiary/aromatic N) is 1. The molecule has 114 valence electrons. The summed E-state index contributed by atoms with van der Waals surface area (Å²) in [6.07, 6.45) is 9.32. The number of likely N-dealkylation sites (tertiary alicyclic amines) is 1. The summed E-state index contributed by atoms with van der Waals surface area (Å²) in [5, 5.41) is 11.5. The second-order valence-electron chi connectivity index (χ2n) is 6.18. The molecule has 1 amide bonds. The number of carbonyl (C=O) groups is 2. The van der Waals surface area contributed by atoms with Crippen molar-refractivity contribution in [3.8, 4) is 0 Å². The molecule has 1 heterocycles. The van der Waals surface area contributed by atoms with Crippen molar-refractivity contribution >= 4 is 11.9 Å². The predicted octanol–water partition coefficient (Wildman–Crippen LogP) is 1.77. The normalized spacial score (nSPS) is 23.2. The van der Waals surface area contributed by atoms with Crippen molar-refractivity contribution in [2.45, 2.75) is 63.3 Å². The number of hydrogen-bond donors (Lipinski definition) is 2. The molecule has 1 aliphatic carbocycles. The number of hydrogen-bond acceptors (Lipinski definition) is 3. The molecule has 0 unspecified atom stereocenters. The van der Waals surface area contributed by atoms with E-state index in [0.717, 1.165) is 25.9 Å². The molecule has 0 atom stereocenters. The lowest BCUT2D eigenvalue weighted by Crippen LogP contribution is -2.58. The average molecular weight is 282 g/mol. The van der Waals surface area contributed by atoms with Gasteiger partial charge in [-0.3, -0.25) is 14.5 Å². The van der Waals surface area contributed by atoms with Gasteiger partial charge in [0, 0.05) is 12.1 Å². The van der Waals surface area contributed by atoms with E-state index in [1.54, 1.807) is 0 Å². The monoisotopic (exact) mass is 282 g/mol. The van der Waals surface area contributed by atoms with Crippen LogP contribution < -0.4 is 5.32 Å². The summed E-state index contributed by atoms with van der Waals surface area (Å²) in [5.41, 5.74) is 0.0762. The molecule has 1 saturated carbocycles. The maximum atomic E-state index is 11.6. The van der Waals surface area contributed by atoms with Crippen molar-refractivity contribution in [1.82, 2.24) is 10.2 Å². The van der Waals surface area contributed by atoms with Gasteiger partial charge in [0.15, 0.2) is 0 Å². The van der Waals surface area contributed by atoms with Crippen molar-refractivity contribution in [3.05, 3.63) is 0 Å². The van der Waals surface area contributed by atoms with Crippen molar-refractivity contribution < 1.29 is 14.7 Å². The lowest BCUT2D eigenvalue weighted by atomic mass is 9.79. The molecule has 5 heteroatoms. The van der Waals surface area contributed by atoms with Crippen LogP contribution in [0.2, 0.25) is 0 Å². The van der Waals surface area contributed by atoms with Gasteiger partial charge in [-0.2, -0.15) is 0 Å². The van der Waals surface area contributed by atoms with Gasteiger partial charge in [-0.05, 0) is 38.8 Å². The van der Waals surface area contributed by atoms with Gasteiger partial charge >= 0.3 is 5.97 Å². The van der Waals surface area contributed by atoms with Gasteiger partial charge in [0.25, 0.3) is 0 Å². The number of piperidine rings is 1. The van der Waals surface area contributed by atoms with E-state index in [1.165, 1.54) is 38.5 Å². The van der Waals surface area contributed by atoms with Crippen molar-refractivity contribution in [2.24, 2.45) is 0 Å². The lowest BCUT2D eigenvalue weighted by Gasteiger charge is -2.48. The molecule has 0 aromatic carbocycles. The quantitative estimate of drug-likeness (QED) is 0.754. The van der Waals surface area contributed by atoms with Gasteiger partial charge in [0.1, 0.15) is 6.42 Å². The maximum absolute atomic E-state index is 11.6. The van der Waals surface area contributed by atoms with Crippen LogP contribution in [0.25, 0.3) is 0 Å². The molecular weight excluding hydrogens is 256 g/mol. The molecule has 20 heavy (non-hydrogen) atoms. The highest BCUT2D eigenvalue weighted by Crippen LogP contribution is 2.35. The standard InChI is InChI=1S/C15H26N2O3/c18-13(11-14(19)20)16-12-15(7-3-1-4-8-15)17-9-5-2-6-10-17/h1-12H2,(H,16,18)(H,19,20). The van der Waals surface area contributed by atoms with E-state index in [-0.39, 0.29) is 11.4 Å². The summed E-state index contributed by atoms with van der Waals surface area (Å²) >= 11 is 0. The molecule has 2 fully saturated rings. The number of carbonyl (C=O) groups excluding carboxylic acids is 1. The molecule has 2 rings (SSSR count). The van der Waals surface area contributed by atoms with Gasteiger partial charge in [-0.25, -0.2) is 0 Å². The minimum absolute atomic E-state index is 0.0762. The van der Waals surface area contributed by atoms with E-state index in [4.69, 9.17) is 5.11 Å². The van der Waals surface area contributed by atoms with Crippen LogP contribution in [0.5, 0.6) is 0 Å². The maximum Gasteiger partial charge on any atom is 0.312 e. The first-order valence-electron chi connectivity index (χ1n) is 7.86. The van der Waals surface area contributed by atoms with Crippen LogP contribution in [0.3, 0.4) is 0 Å². The first-order chi connectivity index (χ1) is 9.62. The third kappa shape index (κ3) is 3.95. The van der Waals surface area contributed by atoms with E-state index in [9.17, 15) is 9.59 Å². The molecule has 0 bridgehead atoms. The zero-order valence-electron chi connectivity index (χ0n) is 12.2. The van der Waals surface area contributed by atoms with Crippen LogP contribution in [0, 0.1) is 0 Å².